The number of aryl methyl sites for hydroxylation is 1. The summed E-state index contributed by atoms with van der Waals surface area (Å²) in [4.78, 5) is 4.23. The van der Waals surface area contributed by atoms with Gasteiger partial charge in [-0.2, -0.15) is 0 Å². The van der Waals surface area contributed by atoms with Crippen LogP contribution in [0.15, 0.2) is 60.7 Å². The van der Waals surface area contributed by atoms with E-state index in [2.05, 4.69) is 4.98 Å². The third-order valence-electron chi connectivity index (χ3n) is 2.59. The van der Waals surface area contributed by atoms with Crippen LogP contribution in [-0.4, -0.2) is 32.6 Å². The molecule has 3 aromatic rings. The third-order valence-corrected chi connectivity index (χ3v) is 2.59. The standard InChI is InChI=1S/C10H9NO.C6H6O.Al/c1-7-5-6-8-3-2-4-9(12)10(8)11-7;7-6-4-2-1-3-5-6;/h2-6,12H,1H3;1-5,7H;. The Kier molecular flexibility index (Phi) is 6.05. The van der Waals surface area contributed by atoms with Crippen LogP contribution >= 0.6 is 0 Å². The fourth-order valence-electron chi connectivity index (χ4n) is 1.66. The van der Waals surface area contributed by atoms with E-state index in [1.807, 2.05) is 37.3 Å². The molecule has 0 fully saturated rings. The minimum Gasteiger partial charge on any atom is -0.508 e. The van der Waals surface area contributed by atoms with E-state index < -0.39 is 0 Å². The van der Waals surface area contributed by atoms with Crippen LogP contribution in [-0.2, 0) is 0 Å². The number of aromatic hydroxyl groups is 2. The van der Waals surface area contributed by atoms with Crippen LogP contribution in [0, 0.1) is 6.92 Å². The van der Waals surface area contributed by atoms with Crippen molar-refractivity contribution >= 4 is 28.3 Å². The molecular weight excluding hydrogens is 265 g/mol. The molecule has 0 spiro atoms. The van der Waals surface area contributed by atoms with Crippen molar-refractivity contribution < 1.29 is 10.2 Å². The van der Waals surface area contributed by atoms with E-state index in [4.69, 9.17) is 5.11 Å². The Morgan fingerprint density at radius 3 is 2.10 bits per heavy atom. The maximum atomic E-state index is 9.43. The van der Waals surface area contributed by atoms with Crippen molar-refractivity contribution in [3.05, 3.63) is 66.4 Å². The number of benzene rings is 2. The van der Waals surface area contributed by atoms with Gasteiger partial charge in [0.2, 0.25) is 0 Å². The first-order valence-electron chi connectivity index (χ1n) is 5.96. The van der Waals surface area contributed by atoms with E-state index in [1.165, 1.54) is 0 Å². The number of aromatic nitrogens is 1. The van der Waals surface area contributed by atoms with Crippen molar-refractivity contribution in [1.82, 2.24) is 4.98 Å². The van der Waals surface area contributed by atoms with Gasteiger partial charge in [0.25, 0.3) is 0 Å². The number of hydrogen-bond acceptors (Lipinski definition) is 3. The summed E-state index contributed by atoms with van der Waals surface area (Å²) in [6.45, 7) is 1.91. The molecule has 0 amide bonds. The first kappa shape index (κ1) is 16.0. The molecule has 3 nitrogen and oxygen atoms in total. The highest BCUT2D eigenvalue weighted by molar-refractivity contribution is 5.84. The van der Waals surface area contributed by atoms with Crippen molar-refractivity contribution in [1.29, 1.82) is 0 Å². The molecule has 2 aromatic carbocycles. The van der Waals surface area contributed by atoms with Crippen LogP contribution in [0.2, 0.25) is 0 Å². The monoisotopic (exact) mass is 280 g/mol. The van der Waals surface area contributed by atoms with Gasteiger partial charge < -0.3 is 10.2 Å². The largest absolute Gasteiger partial charge is 0.508 e. The molecule has 4 heteroatoms. The van der Waals surface area contributed by atoms with Crippen LogP contribution in [0.4, 0.5) is 0 Å². The van der Waals surface area contributed by atoms with Gasteiger partial charge in [0.15, 0.2) is 0 Å². The Bertz CT molecular complexity index is 672. The van der Waals surface area contributed by atoms with Crippen LogP contribution < -0.4 is 0 Å². The Hall–Kier alpha value is -2.02. The van der Waals surface area contributed by atoms with Crippen molar-refractivity contribution in [2.75, 3.05) is 0 Å². The van der Waals surface area contributed by atoms with Crippen LogP contribution in [0.1, 0.15) is 5.69 Å². The molecule has 99 valence electrons. The molecule has 0 saturated heterocycles. The van der Waals surface area contributed by atoms with Crippen LogP contribution in [0.5, 0.6) is 11.5 Å². The summed E-state index contributed by atoms with van der Waals surface area (Å²) in [5, 5.41) is 19.0. The van der Waals surface area contributed by atoms with Crippen molar-refractivity contribution in [2.45, 2.75) is 6.92 Å². The molecule has 0 bridgehead atoms. The molecule has 0 aliphatic rings. The molecule has 0 aliphatic heterocycles. The van der Waals surface area contributed by atoms with Gasteiger partial charge in [-0.05, 0) is 31.2 Å². The maximum absolute atomic E-state index is 9.43. The summed E-state index contributed by atoms with van der Waals surface area (Å²) in [6.07, 6.45) is 0. The minimum absolute atomic E-state index is 0. The lowest BCUT2D eigenvalue weighted by atomic mass is 10.2. The van der Waals surface area contributed by atoms with Gasteiger partial charge in [-0.25, -0.2) is 4.98 Å². The molecular formula is C16H15AlNO2. The fourth-order valence-corrected chi connectivity index (χ4v) is 1.66. The van der Waals surface area contributed by atoms with E-state index in [9.17, 15) is 5.11 Å². The summed E-state index contributed by atoms with van der Waals surface area (Å²) >= 11 is 0. The Labute approximate surface area is 128 Å². The molecule has 0 unspecified atom stereocenters. The molecule has 1 heterocycles. The van der Waals surface area contributed by atoms with Gasteiger partial charge >= 0.3 is 0 Å². The molecule has 1 aromatic heterocycles. The number of phenols is 2. The van der Waals surface area contributed by atoms with Gasteiger partial charge in [-0.15, -0.1) is 0 Å². The number of para-hydroxylation sites is 2. The number of rotatable bonds is 0. The summed E-state index contributed by atoms with van der Waals surface area (Å²) in [5.74, 6) is 0.568. The molecule has 0 aliphatic carbocycles. The highest BCUT2D eigenvalue weighted by Gasteiger charge is 1.98. The molecule has 3 radical (unpaired) electrons. The first-order chi connectivity index (χ1) is 9.16. The second-order valence-electron chi connectivity index (χ2n) is 4.14. The number of pyridine rings is 1. The van der Waals surface area contributed by atoms with Crippen molar-refractivity contribution in [3.8, 4) is 11.5 Å². The van der Waals surface area contributed by atoms with E-state index >= 15 is 0 Å². The van der Waals surface area contributed by atoms with Gasteiger partial charge in [0.1, 0.15) is 17.0 Å². The second kappa shape index (κ2) is 7.54. The number of phenolic OH excluding ortho intramolecular Hbond substituents is 2. The average Bonchev–Trinajstić information content (AvgIpc) is 2.41. The lowest BCUT2D eigenvalue weighted by Gasteiger charge is -1.99. The van der Waals surface area contributed by atoms with E-state index in [-0.39, 0.29) is 23.1 Å². The third kappa shape index (κ3) is 4.27. The van der Waals surface area contributed by atoms with Crippen LogP contribution in [0.25, 0.3) is 10.9 Å². The summed E-state index contributed by atoms with van der Waals surface area (Å²) in [7, 11) is 0. The molecule has 20 heavy (non-hydrogen) atoms. The van der Waals surface area contributed by atoms with Gasteiger partial charge in [0.05, 0.1) is 0 Å². The summed E-state index contributed by atoms with van der Waals surface area (Å²) < 4.78 is 0. The first-order valence-corrected chi connectivity index (χ1v) is 5.96. The van der Waals surface area contributed by atoms with Gasteiger partial charge in [-0.1, -0.05) is 36.4 Å². The minimum atomic E-state index is 0. The zero-order valence-corrected chi connectivity index (χ0v) is 12.3. The zero-order valence-electron chi connectivity index (χ0n) is 11.2. The highest BCUT2D eigenvalue weighted by Crippen LogP contribution is 2.21. The molecule has 0 saturated carbocycles. The van der Waals surface area contributed by atoms with E-state index in [1.54, 1.807) is 30.3 Å². The average molecular weight is 280 g/mol. The lowest BCUT2D eigenvalue weighted by molar-refractivity contribution is 0.475. The normalized spacial score (nSPS) is 9.25. The SMILES string of the molecule is Cc1ccc2cccc(O)c2n1.Oc1ccccc1.[Al]. The van der Waals surface area contributed by atoms with Gasteiger partial charge in [0, 0.05) is 28.4 Å². The molecule has 2 N–H and O–H groups in total. The topological polar surface area (TPSA) is 53.4 Å². The smallest absolute Gasteiger partial charge is 0.141 e. The van der Waals surface area contributed by atoms with Gasteiger partial charge in [-0.3, -0.25) is 0 Å². The number of fused-ring (bicyclic) bond motifs is 1. The zero-order chi connectivity index (χ0) is 13.7. The highest BCUT2D eigenvalue weighted by atomic mass is 27.0. The van der Waals surface area contributed by atoms with Crippen molar-refractivity contribution in [3.63, 3.8) is 0 Å². The molecule has 0 atom stereocenters. The number of nitrogens with zero attached hydrogens (tertiary/aromatic N) is 1. The van der Waals surface area contributed by atoms with Crippen LogP contribution in [0.3, 0.4) is 0 Å². The Morgan fingerprint density at radius 2 is 1.50 bits per heavy atom. The van der Waals surface area contributed by atoms with E-state index in [0.29, 0.717) is 11.3 Å². The predicted molar refractivity (Wildman–Crippen MR) is 82.0 cm³/mol. The quantitative estimate of drug-likeness (QED) is 0.621. The molecule has 3 rings (SSSR count). The summed E-state index contributed by atoms with van der Waals surface area (Å²) in [6, 6.07) is 18.0. The Morgan fingerprint density at radius 1 is 0.800 bits per heavy atom. The number of hydrogen-bond donors (Lipinski definition) is 2. The summed E-state index contributed by atoms with van der Waals surface area (Å²) in [5.41, 5.74) is 1.60. The predicted octanol–water partition coefficient (Wildman–Crippen LogP) is 3.26. The van der Waals surface area contributed by atoms with Crippen molar-refractivity contribution in [2.24, 2.45) is 0 Å². The van der Waals surface area contributed by atoms with E-state index in [0.717, 1.165) is 11.1 Å². The fraction of sp³-hybridized carbons (Fsp3) is 0.0625. The maximum Gasteiger partial charge on any atom is 0.141 e. The Balaban J connectivity index is 0.000000216. The second-order valence-corrected chi connectivity index (χ2v) is 4.14. The lowest BCUT2D eigenvalue weighted by Crippen LogP contribution is -1.82.